The van der Waals surface area contributed by atoms with Crippen molar-refractivity contribution >= 4 is 5.69 Å². The minimum Gasteiger partial charge on any atom is -0.487 e. The Kier molecular flexibility index (Phi) is 3.84. The Bertz CT molecular complexity index is 390. The minimum absolute atomic E-state index is 0.0234. The standard InChI is InChI=1S/C11H15NO4/c1-7-10(12(14)15)5-4-6-11(7)16-9(3)8(2)13/h4-6,8-9,13H,1-3H3. The van der Waals surface area contributed by atoms with E-state index in [1.165, 1.54) is 6.07 Å². The van der Waals surface area contributed by atoms with E-state index in [1.54, 1.807) is 32.9 Å². The Labute approximate surface area is 93.8 Å². The summed E-state index contributed by atoms with van der Waals surface area (Å²) < 4.78 is 5.44. The molecule has 0 fully saturated rings. The number of nitro groups is 1. The maximum atomic E-state index is 10.7. The number of rotatable bonds is 4. The summed E-state index contributed by atoms with van der Waals surface area (Å²) in [5.41, 5.74) is 0.496. The minimum atomic E-state index is -0.626. The number of ether oxygens (including phenoxy) is 1. The average Bonchev–Trinajstić information content (AvgIpc) is 2.20. The monoisotopic (exact) mass is 225 g/mol. The van der Waals surface area contributed by atoms with Gasteiger partial charge in [-0.1, -0.05) is 6.07 Å². The molecule has 0 aliphatic heterocycles. The third kappa shape index (κ3) is 2.70. The van der Waals surface area contributed by atoms with E-state index in [-0.39, 0.29) is 5.69 Å². The van der Waals surface area contributed by atoms with Gasteiger partial charge in [0.15, 0.2) is 0 Å². The second-order valence-electron chi connectivity index (χ2n) is 3.72. The lowest BCUT2D eigenvalue weighted by atomic mass is 10.1. The third-order valence-corrected chi connectivity index (χ3v) is 2.44. The first kappa shape index (κ1) is 12.4. The lowest BCUT2D eigenvalue weighted by molar-refractivity contribution is -0.385. The van der Waals surface area contributed by atoms with Crippen LogP contribution < -0.4 is 4.74 Å². The average molecular weight is 225 g/mol. The Morgan fingerprint density at radius 3 is 2.56 bits per heavy atom. The quantitative estimate of drug-likeness (QED) is 0.628. The van der Waals surface area contributed by atoms with Crippen LogP contribution in [0.2, 0.25) is 0 Å². The van der Waals surface area contributed by atoms with E-state index in [1.807, 2.05) is 0 Å². The van der Waals surface area contributed by atoms with Crippen LogP contribution in [0.5, 0.6) is 5.75 Å². The third-order valence-electron chi connectivity index (χ3n) is 2.44. The van der Waals surface area contributed by atoms with Crippen LogP contribution in [0, 0.1) is 17.0 Å². The van der Waals surface area contributed by atoms with E-state index in [4.69, 9.17) is 4.74 Å². The van der Waals surface area contributed by atoms with Crippen LogP contribution in [0.15, 0.2) is 18.2 Å². The number of hydrogen-bond donors (Lipinski definition) is 1. The first-order valence-electron chi connectivity index (χ1n) is 5.02. The van der Waals surface area contributed by atoms with Gasteiger partial charge in [0.25, 0.3) is 5.69 Å². The molecule has 5 heteroatoms. The summed E-state index contributed by atoms with van der Waals surface area (Å²) in [5.74, 6) is 0.433. The lowest BCUT2D eigenvalue weighted by Gasteiger charge is -2.18. The number of nitrogens with zero attached hydrogens (tertiary/aromatic N) is 1. The van der Waals surface area contributed by atoms with Crippen LogP contribution in [0.3, 0.4) is 0 Å². The smallest absolute Gasteiger partial charge is 0.276 e. The molecule has 0 amide bonds. The molecule has 1 N–H and O–H groups in total. The van der Waals surface area contributed by atoms with Gasteiger partial charge in [-0.3, -0.25) is 10.1 Å². The summed E-state index contributed by atoms with van der Waals surface area (Å²) in [6.07, 6.45) is -1.03. The van der Waals surface area contributed by atoms with E-state index in [0.717, 1.165) is 0 Å². The van der Waals surface area contributed by atoms with Gasteiger partial charge in [-0.15, -0.1) is 0 Å². The van der Waals surface area contributed by atoms with Gasteiger partial charge < -0.3 is 9.84 Å². The van der Waals surface area contributed by atoms with Crippen LogP contribution >= 0.6 is 0 Å². The molecule has 88 valence electrons. The Balaban J connectivity index is 2.98. The fourth-order valence-electron chi connectivity index (χ4n) is 1.23. The van der Waals surface area contributed by atoms with Crippen LogP contribution in [0.1, 0.15) is 19.4 Å². The molecule has 0 heterocycles. The molecule has 0 saturated heterocycles. The van der Waals surface area contributed by atoms with Crippen molar-refractivity contribution in [2.75, 3.05) is 0 Å². The van der Waals surface area contributed by atoms with Crippen molar-refractivity contribution in [3.8, 4) is 5.75 Å². The normalized spacial score (nSPS) is 14.2. The van der Waals surface area contributed by atoms with Crippen molar-refractivity contribution in [3.63, 3.8) is 0 Å². The van der Waals surface area contributed by atoms with E-state index in [0.29, 0.717) is 11.3 Å². The molecular formula is C11H15NO4. The number of nitro benzene ring substituents is 1. The Morgan fingerprint density at radius 2 is 2.06 bits per heavy atom. The van der Waals surface area contributed by atoms with Gasteiger partial charge in [0.05, 0.1) is 16.6 Å². The summed E-state index contributed by atoms with van der Waals surface area (Å²) in [4.78, 5) is 10.2. The van der Waals surface area contributed by atoms with Gasteiger partial charge in [0, 0.05) is 6.07 Å². The maximum Gasteiger partial charge on any atom is 0.276 e. The van der Waals surface area contributed by atoms with Gasteiger partial charge in [-0.2, -0.15) is 0 Å². The molecule has 1 aromatic carbocycles. The summed E-state index contributed by atoms with van der Waals surface area (Å²) >= 11 is 0. The van der Waals surface area contributed by atoms with Crippen molar-refractivity contribution in [2.45, 2.75) is 33.0 Å². The highest BCUT2D eigenvalue weighted by atomic mass is 16.6. The van der Waals surface area contributed by atoms with Crippen LogP contribution in [0.25, 0.3) is 0 Å². The molecule has 2 unspecified atom stereocenters. The number of benzene rings is 1. The number of aliphatic hydroxyl groups excluding tert-OH is 1. The predicted octanol–water partition coefficient (Wildman–Crippen LogP) is 2.05. The van der Waals surface area contributed by atoms with Crippen molar-refractivity contribution in [1.29, 1.82) is 0 Å². The highest BCUT2D eigenvalue weighted by molar-refractivity contribution is 5.48. The fourth-order valence-corrected chi connectivity index (χ4v) is 1.23. The van der Waals surface area contributed by atoms with Gasteiger partial charge in [0.2, 0.25) is 0 Å². The van der Waals surface area contributed by atoms with Gasteiger partial charge in [-0.05, 0) is 26.8 Å². The molecule has 16 heavy (non-hydrogen) atoms. The Morgan fingerprint density at radius 1 is 1.44 bits per heavy atom. The van der Waals surface area contributed by atoms with Crippen molar-refractivity contribution < 1.29 is 14.8 Å². The van der Waals surface area contributed by atoms with Gasteiger partial charge in [-0.25, -0.2) is 0 Å². The highest BCUT2D eigenvalue weighted by Crippen LogP contribution is 2.27. The van der Waals surface area contributed by atoms with Crippen LogP contribution in [-0.2, 0) is 0 Å². The van der Waals surface area contributed by atoms with E-state index in [2.05, 4.69) is 0 Å². The number of aliphatic hydroxyl groups is 1. The lowest BCUT2D eigenvalue weighted by Crippen LogP contribution is -2.25. The zero-order valence-electron chi connectivity index (χ0n) is 9.51. The number of hydrogen-bond acceptors (Lipinski definition) is 4. The summed E-state index contributed by atoms with van der Waals surface area (Å²) in [6.45, 7) is 4.95. The second kappa shape index (κ2) is 4.94. The van der Waals surface area contributed by atoms with Crippen LogP contribution in [0.4, 0.5) is 5.69 Å². The largest absolute Gasteiger partial charge is 0.487 e. The Hall–Kier alpha value is -1.62. The maximum absolute atomic E-state index is 10.7. The summed E-state index contributed by atoms with van der Waals surface area (Å²) in [6, 6.07) is 4.64. The molecule has 0 aromatic heterocycles. The molecule has 0 spiro atoms. The molecular weight excluding hydrogens is 210 g/mol. The van der Waals surface area contributed by atoms with Crippen molar-refractivity contribution in [2.24, 2.45) is 0 Å². The first-order valence-corrected chi connectivity index (χ1v) is 5.02. The molecule has 2 atom stereocenters. The van der Waals surface area contributed by atoms with E-state index in [9.17, 15) is 15.2 Å². The van der Waals surface area contributed by atoms with Gasteiger partial charge in [0.1, 0.15) is 11.9 Å². The second-order valence-corrected chi connectivity index (χ2v) is 3.72. The van der Waals surface area contributed by atoms with E-state index < -0.39 is 17.1 Å². The molecule has 0 bridgehead atoms. The molecule has 0 saturated carbocycles. The molecule has 5 nitrogen and oxygen atoms in total. The first-order chi connectivity index (χ1) is 7.43. The zero-order chi connectivity index (χ0) is 12.3. The highest BCUT2D eigenvalue weighted by Gasteiger charge is 2.17. The topological polar surface area (TPSA) is 72.6 Å². The van der Waals surface area contributed by atoms with Crippen LogP contribution in [-0.4, -0.2) is 22.2 Å². The van der Waals surface area contributed by atoms with Crippen molar-refractivity contribution in [1.82, 2.24) is 0 Å². The zero-order valence-corrected chi connectivity index (χ0v) is 9.51. The predicted molar refractivity (Wildman–Crippen MR) is 59.6 cm³/mol. The SMILES string of the molecule is Cc1c(OC(C)C(C)O)cccc1[N+](=O)[O-]. The van der Waals surface area contributed by atoms with Gasteiger partial charge >= 0.3 is 0 Å². The molecule has 0 radical (unpaired) electrons. The fraction of sp³-hybridized carbons (Fsp3) is 0.455. The van der Waals surface area contributed by atoms with Crippen molar-refractivity contribution in [3.05, 3.63) is 33.9 Å². The summed E-state index contributed by atoms with van der Waals surface area (Å²) in [7, 11) is 0. The molecule has 1 aromatic rings. The molecule has 0 aliphatic carbocycles. The molecule has 1 rings (SSSR count). The summed E-state index contributed by atoms with van der Waals surface area (Å²) in [5, 5.41) is 20.0. The van der Waals surface area contributed by atoms with E-state index >= 15 is 0 Å². The molecule has 0 aliphatic rings.